The minimum Gasteiger partial charge on any atom is -0.494 e. The van der Waals surface area contributed by atoms with Gasteiger partial charge in [0.2, 0.25) is 0 Å². The first-order valence-corrected chi connectivity index (χ1v) is 13.0. The number of benzene rings is 3. The molecule has 1 aliphatic heterocycles. The maximum Gasteiger partial charge on any atom is 0.306 e. The van der Waals surface area contributed by atoms with E-state index in [4.69, 9.17) is 21.1 Å². The molecule has 0 radical (unpaired) electrons. The molecule has 3 aromatic carbocycles. The second-order valence-electron chi connectivity index (χ2n) is 9.31. The maximum atomic E-state index is 13.2. The first-order chi connectivity index (χ1) is 18.4. The molecule has 38 heavy (non-hydrogen) atoms. The van der Waals surface area contributed by atoms with Crippen LogP contribution in [0, 0.1) is 0 Å². The van der Waals surface area contributed by atoms with E-state index in [-0.39, 0.29) is 24.2 Å². The van der Waals surface area contributed by atoms with E-state index in [1.165, 1.54) is 0 Å². The highest BCUT2D eigenvalue weighted by Gasteiger charge is 2.29. The van der Waals surface area contributed by atoms with Gasteiger partial charge in [-0.1, -0.05) is 47.1 Å². The summed E-state index contributed by atoms with van der Waals surface area (Å²) in [6, 6.07) is 17.1. The lowest BCUT2D eigenvalue weighted by Gasteiger charge is -2.32. The van der Waals surface area contributed by atoms with Gasteiger partial charge in [0.25, 0.3) is 5.91 Å². The molecule has 5 rings (SSSR count). The van der Waals surface area contributed by atoms with Crippen molar-refractivity contribution in [1.82, 2.24) is 19.9 Å². The number of fused-ring (bicyclic) bond motifs is 2. The molecular formula is C29H29ClN4O4. The zero-order chi connectivity index (χ0) is 26.8. The topological polar surface area (TPSA) is 86.6 Å². The molecule has 0 spiro atoms. The molecule has 196 valence electrons. The number of esters is 1. The molecule has 0 unspecified atom stereocenters. The molecule has 0 aliphatic carbocycles. The smallest absolute Gasteiger partial charge is 0.306 e. The van der Waals surface area contributed by atoms with Crippen LogP contribution < -0.4 is 4.74 Å². The van der Waals surface area contributed by atoms with Crippen molar-refractivity contribution in [3.8, 4) is 5.75 Å². The highest BCUT2D eigenvalue weighted by molar-refractivity contribution is 6.33. The first kappa shape index (κ1) is 25.7. The number of methoxy groups -OCH3 is 1. The average molecular weight is 533 g/mol. The Bertz CT molecular complexity index is 1520. The van der Waals surface area contributed by atoms with E-state index in [9.17, 15) is 9.59 Å². The zero-order valence-corrected chi connectivity index (χ0v) is 22.4. The molecule has 0 saturated heterocycles. The number of hydrogen-bond donors (Lipinski definition) is 0. The SMILES string of the molecule is CCOC(=O)C[C@H](c1cc(OC)c2c(c1)nnn2C)c1cccc2c1CCN(C(=O)c1ccccc1Cl)C2. The summed E-state index contributed by atoms with van der Waals surface area (Å²) in [6.07, 6.45) is 0.826. The van der Waals surface area contributed by atoms with Gasteiger partial charge in [-0.25, -0.2) is 4.68 Å². The summed E-state index contributed by atoms with van der Waals surface area (Å²) in [7, 11) is 3.43. The Morgan fingerprint density at radius 3 is 2.71 bits per heavy atom. The fourth-order valence-electron chi connectivity index (χ4n) is 5.27. The van der Waals surface area contributed by atoms with Crippen LogP contribution in [0.25, 0.3) is 11.0 Å². The van der Waals surface area contributed by atoms with Crippen LogP contribution in [-0.4, -0.2) is 52.0 Å². The van der Waals surface area contributed by atoms with Crippen LogP contribution in [0.5, 0.6) is 5.75 Å². The van der Waals surface area contributed by atoms with Crippen LogP contribution >= 0.6 is 11.6 Å². The highest BCUT2D eigenvalue weighted by Crippen LogP contribution is 2.38. The average Bonchev–Trinajstić information content (AvgIpc) is 3.31. The summed E-state index contributed by atoms with van der Waals surface area (Å²) >= 11 is 6.30. The van der Waals surface area contributed by atoms with Gasteiger partial charge in [-0.2, -0.15) is 0 Å². The van der Waals surface area contributed by atoms with E-state index in [1.54, 1.807) is 30.8 Å². The molecule has 1 amide bonds. The van der Waals surface area contributed by atoms with Crippen LogP contribution in [0.4, 0.5) is 0 Å². The largest absolute Gasteiger partial charge is 0.494 e. The Balaban J connectivity index is 1.54. The van der Waals surface area contributed by atoms with E-state index in [2.05, 4.69) is 16.4 Å². The summed E-state index contributed by atoms with van der Waals surface area (Å²) in [5, 5.41) is 8.88. The minimum atomic E-state index is -0.282. The van der Waals surface area contributed by atoms with Gasteiger partial charge in [0.15, 0.2) is 0 Å². The second kappa shape index (κ2) is 10.8. The Morgan fingerprint density at radius 1 is 1.13 bits per heavy atom. The molecule has 8 nitrogen and oxygen atoms in total. The number of nitrogens with zero attached hydrogens (tertiary/aromatic N) is 4. The molecule has 0 saturated carbocycles. The van der Waals surface area contributed by atoms with Crippen LogP contribution in [-0.2, 0) is 29.5 Å². The molecular weight excluding hydrogens is 504 g/mol. The lowest BCUT2D eigenvalue weighted by molar-refractivity contribution is -0.143. The number of amides is 1. The number of aromatic nitrogens is 3. The number of carbonyl (C=O) groups excluding carboxylic acids is 2. The minimum absolute atomic E-state index is 0.0902. The van der Waals surface area contributed by atoms with Crippen LogP contribution in [0.1, 0.15) is 51.9 Å². The van der Waals surface area contributed by atoms with Crippen molar-refractivity contribution in [2.24, 2.45) is 7.05 Å². The first-order valence-electron chi connectivity index (χ1n) is 12.6. The maximum absolute atomic E-state index is 13.2. The fraction of sp³-hybridized carbons (Fsp3) is 0.310. The summed E-state index contributed by atoms with van der Waals surface area (Å²) in [5.41, 5.74) is 6.10. The third-order valence-corrected chi connectivity index (χ3v) is 7.38. The number of halogens is 1. The van der Waals surface area contributed by atoms with Gasteiger partial charge in [0, 0.05) is 26.1 Å². The van der Waals surface area contributed by atoms with E-state index in [1.807, 2.05) is 48.3 Å². The summed E-state index contributed by atoms with van der Waals surface area (Å²) in [4.78, 5) is 27.8. The van der Waals surface area contributed by atoms with Crippen LogP contribution in [0.3, 0.4) is 0 Å². The van der Waals surface area contributed by atoms with Gasteiger partial charge < -0.3 is 14.4 Å². The number of rotatable bonds is 7. The van der Waals surface area contributed by atoms with Crippen molar-refractivity contribution < 1.29 is 19.1 Å². The van der Waals surface area contributed by atoms with Crippen molar-refractivity contribution in [1.29, 1.82) is 0 Å². The molecule has 4 aromatic rings. The number of carbonyl (C=O) groups is 2. The van der Waals surface area contributed by atoms with E-state index in [0.717, 1.165) is 27.8 Å². The van der Waals surface area contributed by atoms with Crippen molar-refractivity contribution >= 4 is 34.5 Å². The highest BCUT2D eigenvalue weighted by atomic mass is 35.5. The second-order valence-corrected chi connectivity index (χ2v) is 9.71. The molecule has 1 aromatic heterocycles. The van der Waals surface area contributed by atoms with Crippen LogP contribution in [0.15, 0.2) is 54.6 Å². The Labute approximate surface area is 226 Å². The Hall–Kier alpha value is -3.91. The lowest BCUT2D eigenvalue weighted by Crippen LogP contribution is -2.36. The fourth-order valence-corrected chi connectivity index (χ4v) is 5.49. The van der Waals surface area contributed by atoms with Gasteiger partial charge in [0.05, 0.1) is 30.7 Å². The van der Waals surface area contributed by atoms with Crippen molar-refractivity contribution in [3.05, 3.63) is 87.4 Å². The zero-order valence-electron chi connectivity index (χ0n) is 21.6. The lowest BCUT2D eigenvalue weighted by atomic mass is 9.82. The molecule has 9 heteroatoms. The number of ether oxygens (including phenoxy) is 2. The predicted molar refractivity (Wildman–Crippen MR) is 144 cm³/mol. The summed E-state index contributed by atoms with van der Waals surface area (Å²) in [6.45, 7) is 3.12. The number of aryl methyl sites for hydroxylation is 1. The quantitative estimate of drug-likeness (QED) is 0.314. The van der Waals surface area contributed by atoms with Crippen molar-refractivity contribution in [3.63, 3.8) is 0 Å². The standard InChI is InChI=1S/C29H29ClN4O4/c1-4-38-27(35)16-23(19-14-25-28(26(15-19)37-3)33(2)32-31-25)21-10-7-8-18-17-34(13-12-20(18)21)29(36)22-9-5-6-11-24(22)30/h5-11,14-15,23H,4,12-13,16-17H2,1-3H3/t23-/m1/s1. The third-order valence-electron chi connectivity index (χ3n) is 7.05. The Kier molecular flexibility index (Phi) is 7.33. The van der Waals surface area contributed by atoms with Gasteiger partial charge in [-0.3, -0.25) is 9.59 Å². The monoisotopic (exact) mass is 532 g/mol. The third kappa shape index (κ3) is 4.84. The number of hydrogen-bond acceptors (Lipinski definition) is 6. The van der Waals surface area contributed by atoms with Crippen LogP contribution in [0.2, 0.25) is 5.02 Å². The normalized spacial score (nSPS) is 13.7. The van der Waals surface area contributed by atoms with E-state index >= 15 is 0 Å². The predicted octanol–water partition coefficient (Wildman–Crippen LogP) is 4.91. The molecule has 2 heterocycles. The van der Waals surface area contributed by atoms with Gasteiger partial charge in [0.1, 0.15) is 16.8 Å². The molecule has 0 N–H and O–H groups in total. The van der Waals surface area contributed by atoms with E-state index in [0.29, 0.717) is 48.0 Å². The van der Waals surface area contributed by atoms with E-state index < -0.39 is 0 Å². The van der Waals surface area contributed by atoms with Crippen molar-refractivity contribution in [2.45, 2.75) is 32.2 Å². The molecule has 1 aliphatic rings. The van der Waals surface area contributed by atoms with Crippen molar-refractivity contribution in [2.75, 3.05) is 20.3 Å². The van der Waals surface area contributed by atoms with Gasteiger partial charge in [-0.05, 0) is 59.9 Å². The summed E-state index contributed by atoms with van der Waals surface area (Å²) < 4.78 is 12.7. The van der Waals surface area contributed by atoms with Gasteiger partial charge in [-0.15, -0.1) is 5.10 Å². The molecule has 0 fully saturated rings. The Morgan fingerprint density at radius 2 is 1.95 bits per heavy atom. The van der Waals surface area contributed by atoms with Gasteiger partial charge >= 0.3 is 5.97 Å². The molecule has 0 bridgehead atoms. The summed E-state index contributed by atoms with van der Waals surface area (Å²) in [5.74, 6) is -0.0116. The molecule has 1 atom stereocenters.